The molecule has 0 atom stereocenters. The zero-order valence-electron chi connectivity index (χ0n) is 17.8. The molecular formula is C21H32FN3O3. The van der Waals surface area contributed by atoms with Gasteiger partial charge in [-0.2, -0.15) is 0 Å². The molecule has 2 rings (SSSR count). The van der Waals surface area contributed by atoms with Crippen LogP contribution in [0, 0.1) is 5.82 Å². The van der Waals surface area contributed by atoms with Gasteiger partial charge < -0.3 is 15.0 Å². The highest BCUT2D eigenvalue weighted by Crippen LogP contribution is 2.18. The number of nitrogens with zero attached hydrogens (tertiary/aromatic N) is 2. The summed E-state index contributed by atoms with van der Waals surface area (Å²) in [5.74, 6) is -0.902. The predicted octanol–water partition coefficient (Wildman–Crippen LogP) is 3.41. The van der Waals surface area contributed by atoms with Gasteiger partial charge in [0.2, 0.25) is 0 Å². The lowest BCUT2D eigenvalue weighted by Crippen LogP contribution is -2.49. The van der Waals surface area contributed by atoms with Gasteiger partial charge in [0.1, 0.15) is 11.4 Å². The molecule has 1 saturated heterocycles. The van der Waals surface area contributed by atoms with E-state index >= 15 is 0 Å². The van der Waals surface area contributed by atoms with Crippen LogP contribution in [0.1, 0.15) is 57.5 Å². The molecule has 1 heterocycles. The standard InChI is InChI=1S/C21H32FN3O3/c1-20(2,3)23-18(26)16-9-7-8-15(17(16)22)14-24-10-12-25(13-11-24)19(27)28-21(4,5)6/h7-9H,10-14H2,1-6H3,(H,23,26). The third-order valence-corrected chi connectivity index (χ3v) is 4.23. The number of rotatable bonds is 3. The maximum Gasteiger partial charge on any atom is 0.410 e. The minimum Gasteiger partial charge on any atom is -0.444 e. The van der Waals surface area contributed by atoms with Crippen LogP contribution in [-0.2, 0) is 11.3 Å². The summed E-state index contributed by atoms with van der Waals surface area (Å²) in [6.07, 6.45) is -0.320. The van der Waals surface area contributed by atoms with E-state index in [1.807, 2.05) is 41.5 Å². The summed E-state index contributed by atoms with van der Waals surface area (Å²) in [7, 11) is 0. The smallest absolute Gasteiger partial charge is 0.410 e. The van der Waals surface area contributed by atoms with Gasteiger partial charge >= 0.3 is 6.09 Å². The van der Waals surface area contributed by atoms with Gasteiger partial charge in [-0.1, -0.05) is 12.1 Å². The Bertz CT molecular complexity index is 715. The molecule has 1 aromatic rings. The molecule has 1 aliphatic rings. The van der Waals surface area contributed by atoms with Crippen LogP contribution in [0.25, 0.3) is 0 Å². The molecular weight excluding hydrogens is 361 g/mol. The van der Waals surface area contributed by atoms with Crippen molar-refractivity contribution in [1.29, 1.82) is 0 Å². The second-order valence-corrected chi connectivity index (χ2v) is 9.23. The lowest BCUT2D eigenvalue weighted by Gasteiger charge is -2.35. The number of benzene rings is 1. The van der Waals surface area contributed by atoms with Crippen LogP contribution >= 0.6 is 0 Å². The maximum atomic E-state index is 14.9. The molecule has 1 aromatic carbocycles. The van der Waals surface area contributed by atoms with Gasteiger partial charge in [-0.3, -0.25) is 9.69 Å². The van der Waals surface area contributed by atoms with Crippen molar-refractivity contribution in [2.75, 3.05) is 26.2 Å². The van der Waals surface area contributed by atoms with E-state index in [0.717, 1.165) is 0 Å². The Balaban J connectivity index is 1.98. The second-order valence-electron chi connectivity index (χ2n) is 9.23. The largest absolute Gasteiger partial charge is 0.444 e. The highest BCUT2D eigenvalue weighted by molar-refractivity contribution is 5.95. The summed E-state index contributed by atoms with van der Waals surface area (Å²) in [5.41, 5.74) is -0.421. The summed E-state index contributed by atoms with van der Waals surface area (Å²) in [5, 5.41) is 2.79. The normalized spacial score (nSPS) is 16.0. The average Bonchev–Trinajstić information content (AvgIpc) is 2.54. The molecule has 1 N–H and O–H groups in total. The van der Waals surface area contributed by atoms with Crippen molar-refractivity contribution in [1.82, 2.24) is 15.1 Å². The topological polar surface area (TPSA) is 61.9 Å². The van der Waals surface area contributed by atoms with Gasteiger partial charge in [0.25, 0.3) is 5.91 Å². The Kier molecular flexibility index (Phi) is 6.70. The third kappa shape index (κ3) is 6.48. The number of hydrogen-bond acceptors (Lipinski definition) is 4. The van der Waals surface area contributed by atoms with E-state index < -0.39 is 22.9 Å². The number of halogens is 1. The molecule has 156 valence electrons. The highest BCUT2D eigenvalue weighted by atomic mass is 19.1. The first-order valence-electron chi connectivity index (χ1n) is 9.66. The predicted molar refractivity (Wildman–Crippen MR) is 107 cm³/mol. The lowest BCUT2D eigenvalue weighted by molar-refractivity contribution is 0.0138. The first-order chi connectivity index (χ1) is 12.9. The molecule has 0 saturated carbocycles. The van der Waals surface area contributed by atoms with Crippen LogP contribution in [0.5, 0.6) is 0 Å². The van der Waals surface area contributed by atoms with E-state index in [0.29, 0.717) is 38.3 Å². The van der Waals surface area contributed by atoms with Crippen LogP contribution in [0.15, 0.2) is 18.2 Å². The molecule has 2 amide bonds. The van der Waals surface area contributed by atoms with Crippen molar-refractivity contribution in [3.63, 3.8) is 0 Å². The molecule has 1 aliphatic heterocycles. The second kappa shape index (κ2) is 8.47. The minimum atomic E-state index is -0.522. The summed E-state index contributed by atoms with van der Waals surface area (Å²) >= 11 is 0. The summed E-state index contributed by atoms with van der Waals surface area (Å²) in [4.78, 5) is 28.2. The molecule has 28 heavy (non-hydrogen) atoms. The Labute approximate surface area is 167 Å². The molecule has 0 bridgehead atoms. The fourth-order valence-corrected chi connectivity index (χ4v) is 2.94. The van der Waals surface area contributed by atoms with Crippen LogP contribution in [0.3, 0.4) is 0 Å². The molecule has 0 aromatic heterocycles. The van der Waals surface area contributed by atoms with Crippen LogP contribution in [0.4, 0.5) is 9.18 Å². The Morgan fingerprint density at radius 2 is 1.68 bits per heavy atom. The number of piperazine rings is 1. The minimum absolute atomic E-state index is 0.0554. The van der Waals surface area contributed by atoms with Gasteiger partial charge in [0, 0.05) is 43.8 Å². The maximum absolute atomic E-state index is 14.9. The lowest BCUT2D eigenvalue weighted by atomic mass is 10.0. The summed E-state index contributed by atoms with van der Waals surface area (Å²) in [6, 6.07) is 4.90. The monoisotopic (exact) mass is 393 g/mol. The van der Waals surface area contributed by atoms with E-state index in [9.17, 15) is 14.0 Å². The highest BCUT2D eigenvalue weighted by Gasteiger charge is 2.27. The average molecular weight is 394 g/mol. The Morgan fingerprint density at radius 3 is 2.21 bits per heavy atom. The zero-order chi connectivity index (χ0) is 21.1. The number of carbonyl (C=O) groups is 2. The molecule has 0 radical (unpaired) electrons. The van der Waals surface area contributed by atoms with Crippen LogP contribution in [-0.4, -0.2) is 59.1 Å². The number of amides is 2. The van der Waals surface area contributed by atoms with E-state index in [-0.39, 0.29) is 11.7 Å². The van der Waals surface area contributed by atoms with Gasteiger partial charge in [-0.05, 0) is 47.6 Å². The van der Waals surface area contributed by atoms with Crippen molar-refractivity contribution in [3.8, 4) is 0 Å². The van der Waals surface area contributed by atoms with Crippen molar-refractivity contribution in [2.24, 2.45) is 0 Å². The van der Waals surface area contributed by atoms with Crippen molar-refractivity contribution >= 4 is 12.0 Å². The van der Waals surface area contributed by atoms with Crippen molar-refractivity contribution < 1.29 is 18.7 Å². The van der Waals surface area contributed by atoms with Gasteiger partial charge in [0.05, 0.1) is 5.56 Å². The van der Waals surface area contributed by atoms with E-state index in [1.165, 1.54) is 6.07 Å². The molecule has 6 nitrogen and oxygen atoms in total. The fraction of sp³-hybridized carbons (Fsp3) is 0.619. The zero-order valence-corrected chi connectivity index (χ0v) is 17.8. The first-order valence-corrected chi connectivity index (χ1v) is 9.66. The van der Waals surface area contributed by atoms with E-state index in [4.69, 9.17) is 4.74 Å². The van der Waals surface area contributed by atoms with Crippen molar-refractivity contribution in [3.05, 3.63) is 35.1 Å². The van der Waals surface area contributed by atoms with Gasteiger partial charge in [0.15, 0.2) is 0 Å². The Morgan fingerprint density at radius 1 is 1.07 bits per heavy atom. The SMILES string of the molecule is CC(C)(C)NC(=O)c1cccc(CN2CCN(C(=O)OC(C)(C)C)CC2)c1F. The van der Waals surface area contributed by atoms with E-state index in [1.54, 1.807) is 17.0 Å². The molecule has 1 fully saturated rings. The number of carbonyl (C=O) groups excluding carboxylic acids is 2. The third-order valence-electron chi connectivity index (χ3n) is 4.23. The molecule has 0 unspecified atom stereocenters. The number of nitrogens with one attached hydrogen (secondary N) is 1. The van der Waals surface area contributed by atoms with Gasteiger partial charge in [-0.15, -0.1) is 0 Å². The number of hydrogen-bond donors (Lipinski definition) is 1. The quantitative estimate of drug-likeness (QED) is 0.855. The summed E-state index contributed by atoms with van der Waals surface area (Å²) in [6.45, 7) is 13.8. The van der Waals surface area contributed by atoms with Crippen LogP contribution < -0.4 is 5.32 Å². The van der Waals surface area contributed by atoms with Crippen LogP contribution in [0.2, 0.25) is 0 Å². The van der Waals surface area contributed by atoms with E-state index in [2.05, 4.69) is 10.2 Å². The van der Waals surface area contributed by atoms with Crippen molar-refractivity contribution in [2.45, 2.75) is 59.2 Å². The fourth-order valence-electron chi connectivity index (χ4n) is 2.94. The first kappa shape index (κ1) is 22.1. The molecule has 0 aliphatic carbocycles. The Hall–Kier alpha value is -2.15. The molecule has 7 heteroatoms. The molecule has 0 spiro atoms. The summed E-state index contributed by atoms with van der Waals surface area (Å²) < 4.78 is 20.3. The van der Waals surface area contributed by atoms with Gasteiger partial charge in [-0.25, -0.2) is 9.18 Å². The number of ether oxygens (including phenoxy) is 1.